The number of nitrogens with one attached hydrogen (secondary N) is 2. The Hall–Kier alpha value is -3.06. The lowest BCUT2D eigenvalue weighted by Gasteiger charge is -2.21. The van der Waals surface area contributed by atoms with Gasteiger partial charge in [-0.25, -0.2) is 9.78 Å². The van der Waals surface area contributed by atoms with Gasteiger partial charge in [-0.2, -0.15) is 0 Å². The van der Waals surface area contributed by atoms with Crippen molar-refractivity contribution in [1.82, 2.24) is 15.6 Å². The van der Waals surface area contributed by atoms with Crippen molar-refractivity contribution in [2.45, 2.75) is 19.1 Å². The van der Waals surface area contributed by atoms with Crippen LogP contribution in [0.2, 0.25) is 0 Å². The van der Waals surface area contributed by atoms with Crippen molar-refractivity contribution in [3.8, 4) is 11.3 Å². The number of carbonyl (C=O) groups excluding carboxylic acids is 1. The molecule has 0 saturated heterocycles. The minimum Gasteiger partial charge on any atom is -0.466 e. The van der Waals surface area contributed by atoms with E-state index in [1.54, 1.807) is 25.3 Å². The molecule has 0 unspecified atom stereocenters. The molecular formula is C18H19N3O4. The van der Waals surface area contributed by atoms with Crippen LogP contribution in [0, 0.1) is 0 Å². The molecule has 2 amide bonds. The van der Waals surface area contributed by atoms with Crippen LogP contribution in [0.4, 0.5) is 4.79 Å². The lowest BCUT2D eigenvalue weighted by Crippen LogP contribution is -2.43. The van der Waals surface area contributed by atoms with Crippen LogP contribution in [0.5, 0.6) is 0 Å². The summed E-state index contributed by atoms with van der Waals surface area (Å²) in [7, 11) is 0. The molecule has 2 aromatic heterocycles. The second-order valence-electron chi connectivity index (χ2n) is 5.77. The second kappa shape index (κ2) is 7.23. The smallest absolute Gasteiger partial charge is 0.315 e. The third-order valence-electron chi connectivity index (χ3n) is 3.66. The molecule has 1 aromatic carbocycles. The molecule has 130 valence electrons. The molecule has 3 N–H and O–H groups in total. The highest BCUT2D eigenvalue weighted by Gasteiger charge is 2.26. The number of amides is 2. The van der Waals surface area contributed by atoms with Crippen LogP contribution >= 0.6 is 0 Å². The van der Waals surface area contributed by atoms with E-state index in [2.05, 4.69) is 15.6 Å². The molecule has 0 aliphatic heterocycles. The predicted octanol–water partition coefficient (Wildman–Crippen LogP) is 2.64. The Balaban J connectivity index is 1.49. The number of hydrogen-bond acceptors (Lipinski definition) is 5. The molecule has 0 saturated carbocycles. The Bertz CT molecular complexity index is 810. The molecule has 1 atom stereocenters. The number of rotatable bonds is 6. The Morgan fingerprint density at radius 3 is 2.72 bits per heavy atom. The topological polar surface area (TPSA) is 101 Å². The molecule has 0 aliphatic carbocycles. The van der Waals surface area contributed by atoms with Gasteiger partial charge in [0.25, 0.3) is 0 Å². The summed E-state index contributed by atoms with van der Waals surface area (Å²) in [6, 6.07) is 12.5. The Labute approximate surface area is 144 Å². The zero-order chi connectivity index (χ0) is 17.7. The summed E-state index contributed by atoms with van der Waals surface area (Å²) in [6.45, 7) is 1.71. The summed E-state index contributed by atoms with van der Waals surface area (Å²) in [5.41, 5.74) is -0.371. The maximum atomic E-state index is 11.9. The van der Waals surface area contributed by atoms with E-state index >= 15 is 0 Å². The predicted molar refractivity (Wildman–Crippen MR) is 90.5 cm³/mol. The molecule has 3 rings (SSSR count). The number of carbonyl (C=O) groups is 1. The third kappa shape index (κ3) is 4.27. The minimum atomic E-state index is -1.29. The maximum absolute atomic E-state index is 11.9. The number of aromatic nitrogens is 1. The first kappa shape index (κ1) is 16.8. The molecule has 0 aliphatic rings. The summed E-state index contributed by atoms with van der Waals surface area (Å²) in [5.74, 6) is 1.42. The molecule has 7 heteroatoms. The summed E-state index contributed by atoms with van der Waals surface area (Å²) in [5, 5.41) is 15.5. The van der Waals surface area contributed by atoms with E-state index in [-0.39, 0.29) is 13.1 Å². The van der Waals surface area contributed by atoms with Crippen molar-refractivity contribution in [1.29, 1.82) is 0 Å². The quantitative estimate of drug-likeness (QED) is 0.640. The van der Waals surface area contributed by atoms with Crippen LogP contribution < -0.4 is 10.6 Å². The highest BCUT2D eigenvalue weighted by Crippen LogP contribution is 2.20. The van der Waals surface area contributed by atoms with Gasteiger partial charge in [0.1, 0.15) is 11.4 Å². The molecule has 0 bridgehead atoms. The maximum Gasteiger partial charge on any atom is 0.315 e. The molecule has 0 spiro atoms. The zero-order valence-electron chi connectivity index (χ0n) is 13.7. The number of benzene rings is 1. The van der Waals surface area contributed by atoms with Crippen LogP contribution in [0.25, 0.3) is 11.3 Å². The average Bonchev–Trinajstić information content (AvgIpc) is 3.31. The fourth-order valence-corrected chi connectivity index (χ4v) is 2.27. The third-order valence-corrected chi connectivity index (χ3v) is 3.66. The highest BCUT2D eigenvalue weighted by molar-refractivity contribution is 5.73. The van der Waals surface area contributed by atoms with Crippen molar-refractivity contribution in [2.24, 2.45) is 0 Å². The van der Waals surface area contributed by atoms with Crippen molar-refractivity contribution in [3.63, 3.8) is 0 Å². The number of hydrogen-bond donors (Lipinski definition) is 3. The molecular weight excluding hydrogens is 322 g/mol. The van der Waals surface area contributed by atoms with E-state index in [1.165, 1.54) is 6.26 Å². The summed E-state index contributed by atoms with van der Waals surface area (Å²) >= 11 is 0. The monoisotopic (exact) mass is 341 g/mol. The van der Waals surface area contributed by atoms with E-state index < -0.39 is 11.6 Å². The first-order valence-corrected chi connectivity index (χ1v) is 7.83. The zero-order valence-corrected chi connectivity index (χ0v) is 13.7. The van der Waals surface area contributed by atoms with E-state index in [0.29, 0.717) is 17.4 Å². The Morgan fingerprint density at radius 2 is 2.00 bits per heavy atom. The van der Waals surface area contributed by atoms with Gasteiger partial charge < -0.3 is 24.6 Å². The lowest BCUT2D eigenvalue weighted by molar-refractivity contribution is 0.0367. The number of urea groups is 1. The van der Waals surface area contributed by atoms with Crippen LogP contribution in [0.15, 0.2) is 63.8 Å². The fraction of sp³-hybridized carbons (Fsp3) is 0.222. The fourth-order valence-electron chi connectivity index (χ4n) is 2.27. The lowest BCUT2D eigenvalue weighted by atomic mass is 10.0. The molecule has 0 radical (unpaired) electrons. The highest BCUT2D eigenvalue weighted by atomic mass is 16.4. The van der Waals surface area contributed by atoms with Gasteiger partial charge in [-0.3, -0.25) is 0 Å². The van der Waals surface area contributed by atoms with Crippen molar-refractivity contribution >= 4 is 6.03 Å². The Morgan fingerprint density at radius 1 is 1.20 bits per heavy atom. The molecule has 7 nitrogen and oxygen atoms in total. The van der Waals surface area contributed by atoms with Gasteiger partial charge in [0.05, 0.1) is 25.5 Å². The summed E-state index contributed by atoms with van der Waals surface area (Å²) < 4.78 is 10.8. The first-order valence-electron chi connectivity index (χ1n) is 7.83. The van der Waals surface area contributed by atoms with E-state index in [1.807, 2.05) is 30.3 Å². The van der Waals surface area contributed by atoms with E-state index in [9.17, 15) is 9.90 Å². The molecule has 3 aromatic rings. The second-order valence-corrected chi connectivity index (χ2v) is 5.77. The minimum absolute atomic E-state index is 0.00714. The van der Waals surface area contributed by atoms with Crippen molar-refractivity contribution < 1.29 is 18.7 Å². The summed E-state index contributed by atoms with van der Waals surface area (Å²) in [4.78, 5) is 16.0. The van der Waals surface area contributed by atoms with Gasteiger partial charge in [-0.15, -0.1) is 0 Å². The number of nitrogens with zero attached hydrogens (tertiary/aromatic N) is 1. The summed E-state index contributed by atoms with van der Waals surface area (Å²) in [6.07, 6.45) is 3.09. The van der Waals surface area contributed by atoms with Gasteiger partial charge in [0.2, 0.25) is 5.89 Å². The van der Waals surface area contributed by atoms with Crippen molar-refractivity contribution in [2.75, 3.05) is 6.54 Å². The molecule has 25 heavy (non-hydrogen) atoms. The van der Waals surface area contributed by atoms with Gasteiger partial charge in [-0.1, -0.05) is 30.3 Å². The first-order chi connectivity index (χ1) is 12.0. The van der Waals surface area contributed by atoms with Crippen LogP contribution in [0.3, 0.4) is 0 Å². The van der Waals surface area contributed by atoms with Crippen molar-refractivity contribution in [3.05, 3.63) is 66.6 Å². The number of oxazole rings is 1. The molecule has 2 heterocycles. The number of aliphatic hydroxyl groups is 1. The largest absolute Gasteiger partial charge is 0.466 e. The van der Waals surface area contributed by atoms with Gasteiger partial charge >= 0.3 is 6.03 Å². The SMILES string of the molecule is C[C@](O)(CNC(=O)NCc1ncc(-c2ccccc2)o1)c1ccco1. The van der Waals surface area contributed by atoms with Gasteiger partial charge in [0.15, 0.2) is 5.76 Å². The van der Waals surface area contributed by atoms with Crippen LogP contribution in [-0.2, 0) is 12.1 Å². The number of furan rings is 1. The van der Waals surface area contributed by atoms with Gasteiger partial charge in [0, 0.05) is 5.56 Å². The molecule has 0 fully saturated rings. The normalized spacial score (nSPS) is 13.2. The van der Waals surface area contributed by atoms with Crippen LogP contribution in [0.1, 0.15) is 18.6 Å². The van der Waals surface area contributed by atoms with E-state index in [4.69, 9.17) is 8.83 Å². The van der Waals surface area contributed by atoms with E-state index in [0.717, 1.165) is 5.56 Å². The van der Waals surface area contributed by atoms with Gasteiger partial charge in [-0.05, 0) is 19.1 Å². The standard InChI is InChI=1S/C18H19N3O4/c1-18(23,15-8-5-9-24-15)12-21-17(22)20-11-16-19-10-14(25-16)13-6-3-2-4-7-13/h2-10,23H,11-12H2,1H3,(H2,20,21,22)/t18-/m0/s1. The average molecular weight is 341 g/mol. The van der Waals surface area contributed by atoms with Crippen LogP contribution in [-0.4, -0.2) is 22.7 Å². The Kier molecular flexibility index (Phi) is 4.85.